The largest absolute Gasteiger partial charge is 0.478 e. The second kappa shape index (κ2) is 22.4. The van der Waals surface area contributed by atoms with E-state index in [1.54, 1.807) is 6.92 Å². The highest BCUT2D eigenvalue weighted by Gasteiger charge is 2.28. The third-order valence-corrected chi connectivity index (χ3v) is 13.6. The summed E-state index contributed by atoms with van der Waals surface area (Å²) in [6.45, 7) is 0.834. The molecule has 0 fully saturated rings. The highest BCUT2D eigenvalue weighted by Crippen LogP contribution is 2.49. The molecule has 4 rings (SSSR count). The van der Waals surface area contributed by atoms with Crippen molar-refractivity contribution in [3.63, 3.8) is 0 Å². The standard InChI is InChI=1S/C33H32N8O18S6.H2O/c1-2-3-17-61(44,45)24-12-13-25(26(19-24)63(48,49)50)38-40-31-27(33(42)43)30(39-36-20-4-8-22(9-5-20)60-16-14-57-59-65(54,55)56)28(34)32(29(31)35)41-37-21-6-10-23(11-7-21)62(46,47)18-15-58-64(51,52)53;/h4-13,19H,2-3,15,17-18,34-35H2,1H3,(H,42,43)(H,48,49,50)(H,51,52,53)(H,54,55,56);1H2. The van der Waals surface area contributed by atoms with Gasteiger partial charge in [-0.3, -0.25) is 18.5 Å². The number of anilines is 2. The zero-order chi connectivity index (χ0) is 48.4. The van der Waals surface area contributed by atoms with Crippen molar-refractivity contribution < 1.29 is 84.5 Å². The molecule has 0 aliphatic carbocycles. The minimum atomic E-state index is -5.20. The Kier molecular flexibility index (Phi) is 18.5. The first kappa shape index (κ1) is 54.3. The number of thioether (sulfide) groups is 1. The average Bonchev–Trinajstić information content (AvgIpc) is 3.21. The summed E-state index contributed by atoms with van der Waals surface area (Å²) in [6, 6.07) is 12.6. The van der Waals surface area contributed by atoms with Crippen LogP contribution >= 0.6 is 11.8 Å². The first-order valence-corrected chi connectivity index (χ1v) is 25.6. The number of benzene rings is 4. The van der Waals surface area contributed by atoms with Gasteiger partial charge in [-0.25, -0.2) is 25.8 Å². The van der Waals surface area contributed by atoms with Crippen molar-refractivity contribution in [1.82, 2.24) is 0 Å². The molecule has 0 spiro atoms. The van der Waals surface area contributed by atoms with E-state index in [1.165, 1.54) is 24.3 Å². The summed E-state index contributed by atoms with van der Waals surface area (Å²) in [5, 5.41) is 36.3. The molecule has 0 aliphatic heterocycles. The van der Waals surface area contributed by atoms with E-state index in [-0.39, 0.29) is 33.9 Å². The number of nitrogens with two attached hydrogens (primary N) is 2. The average molecular weight is 1040 g/mol. The lowest BCUT2D eigenvalue weighted by Gasteiger charge is -2.13. The zero-order valence-electron chi connectivity index (χ0n) is 33.2. The van der Waals surface area contributed by atoms with Gasteiger partial charge in [0, 0.05) is 10.1 Å². The van der Waals surface area contributed by atoms with Crippen LogP contribution < -0.4 is 11.5 Å². The number of rotatable bonds is 20. The number of carbonyl (C=O) groups is 1. The van der Waals surface area contributed by atoms with Gasteiger partial charge in [0.05, 0.1) is 50.7 Å². The first-order chi connectivity index (χ1) is 30.2. The maximum atomic E-state index is 12.8. The molecule has 10 N–H and O–H groups in total. The Labute approximate surface area is 379 Å². The number of hydrogen-bond donors (Lipinski definition) is 6. The van der Waals surface area contributed by atoms with E-state index in [0.29, 0.717) is 17.4 Å². The van der Waals surface area contributed by atoms with Gasteiger partial charge in [0.1, 0.15) is 33.2 Å². The molecule has 4 aromatic carbocycles. The van der Waals surface area contributed by atoms with E-state index in [2.05, 4.69) is 49.3 Å². The number of unbranched alkanes of at least 4 members (excludes halogenated alkanes) is 1. The summed E-state index contributed by atoms with van der Waals surface area (Å²) < 4.78 is 153. The molecule has 33 heteroatoms. The van der Waals surface area contributed by atoms with Gasteiger partial charge < -0.3 is 22.1 Å². The summed E-state index contributed by atoms with van der Waals surface area (Å²) in [6.07, 6.45) is 2.58. The minimum Gasteiger partial charge on any atom is -0.478 e. The lowest BCUT2D eigenvalue weighted by Crippen LogP contribution is -2.15. The van der Waals surface area contributed by atoms with Crippen LogP contribution in [-0.4, -0.2) is 90.4 Å². The summed E-state index contributed by atoms with van der Waals surface area (Å²) in [4.78, 5) is 15.5. The molecular weight excluding hydrogens is 1000 g/mol. The minimum absolute atomic E-state index is 0. The highest BCUT2D eigenvalue weighted by atomic mass is 32.3. The summed E-state index contributed by atoms with van der Waals surface area (Å²) in [5.74, 6) is -2.98. The Bertz CT molecular complexity index is 3190. The van der Waals surface area contributed by atoms with Gasteiger partial charge in [-0.05, 0) is 89.2 Å². The van der Waals surface area contributed by atoms with Crippen molar-refractivity contribution in [3.05, 3.63) is 72.3 Å². The number of hydrogen-bond acceptors (Lipinski definition) is 23. The topological polar surface area (TPSA) is 454 Å². The molecular formula is C33H34N8O19S6. The molecule has 0 amide bonds. The number of nitrogens with zero attached hydrogens (tertiary/aromatic N) is 6. The zero-order valence-corrected chi connectivity index (χ0v) is 38.1. The molecule has 66 heavy (non-hydrogen) atoms. The van der Waals surface area contributed by atoms with Gasteiger partial charge in [0.15, 0.2) is 25.8 Å². The van der Waals surface area contributed by atoms with Crippen molar-refractivity contribution in [2.75, 3.05) is 29.6 Å². The fourth-order valence-corrected chi connectivity index (χ4v) is 9.12. The molecule has 0 bridgehead atoms. The lowest BCUT2D eigenvalue weighted by atomic mass is 10.1. The van der Waals surface area contributed by atoms with Crippen LogP contribution in [0.1, 0.15) is 30.1 Å². The molecule has 4 aromatic rings. The van der Waals surface area contributed by atoms with Gasteiger partial charge in [0.2, 0.25) is 0 Å². The SMILES string of the molecule is CCCCS(=O)(=O)c1ccc(N=Nc2c(N)c(N=Nc3ccc(S(=O)(=O)CCOS(=O)(=O)O)cc3)c(N)c(N=Nc3ccc(SC#COOS(=O)(=O)O)cc3)c2C(=O)O)c(S(=O)(=O)O)c1.O. The monoisotopic (exact) mass is 1040 g/mol. The molecule has 0 saturated heterocycles. The quantitative estimate of drug-likeness (QED) is 0.0127. The number of nitrogen functional groups attached to an aromatic ring is 2. The molecule has 0 unspecified atom stereocenters. The Balaban J connectivity index is 0.0000116. The number of sulfone groups is 2. The molecule has 0 saturated carbocycles. The van der Waals surface area contributed by atoms with Crippen LogP contribution in [0, 0.1) is 11.4 Å². The second-order valence-corrected chi connectivity index (χ2v) is 20.9. The number of carboxylic acid groups (broad SMARTS) is 1. The Morgan fingerprint density at radius 2 is 1.20 bits per heavy atom. The molecule has 0 heterocycles. The van der Waals surface area contributed by atoms with E-state index in [9.17, 15) is 56.5 Å². The van der Waals surface area contributed by atoms with Gasteiger partial charge in [0.25, 0.3) is 10.1 Å². The number of azo groups is 3. The maximum absolute atomic E-state index is 12.8. The van der Waals surface area contributed by atoms with Crippen molar-refractivity contribution in [2.45, 2.75) is 39.3 Å². The molecule has 27 nitrogen and oxygen atoms in total. The van der Waals surface area contributed by atoms with E-state index >= 15 is 0 Å². The summed E-state index contributed by atoms with van der Waals surface area (Å²) in [5.41, 5.74) is 8.00. The highest BCUT2D eigenvalue weighted by molar-refractivity contribution is 8.04. The second-order valence-electron chi connectivity index (χ2n) is 12.4. The third-order valence-electron chi connectivity index (χ3n) is 7.82. The predicted molar refractivity (Wildman–Crippen MR) is 231 cm³/mol. The van der Waals surface area contributed by atoms with Crippen LogP contribution in [0.25, 0.3) is 0 Å². The number of aromatic carboxylic acids is 1. The van der Waals surface area contributed by atoms with Crippen molar-refractivity contribution in [1.29, 1.82) is 0 Å². The number of carboxylic acids is 1. The van der Waals surface area contributed by atoms with Crippen LogP contribution in [-0.2, 0) is 64.0 Å². The van der Waals surface area contributed by atoms with Gasteiger partial charge in [-0.2, -0.15) is 35.5 Å². The molecule has 0 radical (unpaired) electrons. The maximum Gasteiger partial charge on any atom is 0.433 e. The van der Waals surface area contributed by atoms with Crippen LogP contribution in [0.2, 0.25) is 0 Å². The van der Waals surface area contributed by atoms with Crippen molar-refractivity contribution in [2.24, 2.45) is 30.7 Å². The van der Waals surface area contributed by atoms with Gasteiger partial charge in [-0.15, -0.1) is 20.5 Å². The van der Waals surface area contributed by atoms with E-state index < -0.39 is 118 Å². The molecule has 0 atom stereocenters. The lowest BCUT2D eigenvalue weighted by molar-refractivity contribution is -0.135. The van der Waals surface area contributed by atoms with Gasteiger partial charge >= 0.3 is 26.8 Å². The van der Waals surface area contributed by atoms with Crippen LogP contribution in [0.15, 0.2) is 117 Å². The Morgan fingerprint density at radius 3 is 1.71 bits per heavy atom. The van der Waals surface area contributed by atoms with Crippen molar-refractivity contribution in [3.8, 4) is 11.4 Å². The fourth-order valence-electron chi connectivity index (χ4n) is 4.84. The van der Waals surface area contributed by atoms with Gasteiger partial charge in [-0.1, -0.05) is 13.3 Å². The molecule has 0 aliphatic rings. The third kappa shape index (κ3) is 15.6. The van der Waals surface area contributed by atoms with Crippen LogP contribution in [0.5, 0.6) is 0 Å². The van der Waals surface area contributed by atoms with Crippen LogP contribution in [0.3, 0.4) is 0 Å². The van der Waals surface area contributed by atoms with E-state index in [4.69, 9.17) is 20.6 Å². The summed E-state index contributed by atoms with van der Waals surface area (Å²) >= 11 is 0.810. The Hall–Kier alpha value is -6.03. The first-order valence-electron chi connectivity index (χ1n) is 17.3. The van der Waals surface area contributed by atoms with Crippen LogP contribution in [0.4, 0.5) is 45.5 Å². The van der Waals surface area contributed by atoms with Crippen molar-refractivity contribution >= 4 is 114 Å². The fraction of sp³-hybridized carbons (Fsp3) is 0.182. The predicted octanol–water partition coefficient (Wildman–Crippen LogP) is 5.15. The Morgan fingerprint density at radius 1 is 0.682 bits per heavy atom. The smallest absolute Gasteiger partial charge is 0.433 e. The van der Waals surface area contributed by atoms with E-state index in [0.717, 1.165) is 48.2 Å². The summed E-state index contributed by atoms with van der Waals surface area (Å²) in [7, 11) is -23.2. The molecule has 356 valence electrons. The normalized spacial score (nSPS) is 12.5. The van der Waals surface area contributed by atoms with E-state index in [1.807, 2.05) is 6.11 Å². The molecule has 0 aromatic heterocycles.